The molecule has 0 saturated carbocycles. The maximum Gasteiger partial charge on any atom is 0.294 e. The third-order valence-corrected chi connectivity index (χ3v) is 5.91. The molecule has 1 aliphatic heterocycles. The summed E-state index contributed by atoms with van der Waals surface area (Å²) in [6.45, 7) is 5.97. The average molecular weight is 421 g/mol. The van der Waals surface area contributed by atoms with Crippen LogP contribution in [0.15, 0.2) is 60.8 Å². The van der Waals surface area contributed by atoms with Crippen LogP contribution >= 0.6 is 11.6 Å². The lowest BCUT2D eigenvalue weighted by molar-refractivity contribution is -0.695. The molecule has 3 aromatic rings. The van der Waals surface area contributed by atoms with Gasteiger partial charge in [-0.1, -0.05) is 41.9 Å². The van der Waals surface area contributed by atoms with Gasteiger partial charge in [0.2, 0.25) is 18.3 Å². The molecule has 1 atom stereocenters. The molecular weight excluding hydrogens is 398 g/mol. The Morgan fingerprint density at radius 3 is 2.47 bits per heavy atom. The van der Waals surface area contributed by atoms with Crippen LogP contribution in [0.3, 0.4) is 0 Å². The van der Waals surface area contributed by atoms with Gasteiger partial charge in [0, 0.05) is 28.5 Å². The Kier molecular flexibility index (Phi) is 5.31. The highest BCUT2D eigenvalue weighted by Gasteiger charge is 2.43. The van der Waals surface area contributed by atoms with Gasteiger partial charge in [-0.05, 0) is 49.6 Å². The minimum Gasteiger partial charge on any atom is -0.323 e. The number of halogens is 1. The zero-order valence-corrected chi connectivity index (χ0v) is 17.9. The first kappa shape index (κ1) is 20.1. The van der Waals surface area contributed by atoms with E-state index in [1.165, 1.54) is 0 Å². The largest absolute Gasteiger partial charge is 0.323 e. The number of carbonyl (C=O) groups is 2. The van der Waals surface area contributed by atoms with Gasteiger partial charge in [0.25, 0.3) is 11.8 Å². The molecule has 2 aromatic carbocycles. The topological polar surface area (TPSA) is 53.3 Å². The van der Waals surface area contributed by atoms with Crippen molar-refractivity contribution in [2.45, 2.75) is 33.4 Å². The van der Waals surface area contributed by atoms with Gasteiger partial charge < -0.3 is 5.32 Å². The number of benzene rings is 2. The van der Waals surface area contributed by atoms with Crippen LogP contribution in [0, 0.1) is 20.8 Å². The standard InChI is InChI=1S/C24H22ClN3O2/c1-15-10-11-18(13-19(15)25)28-21(29)14-27-12-5-4-9-20(27)23(28)24(30)26-22-16(2)7-6-8-17(22)3/h4-13,23H,14H2,1-3H3/p+1/t23-/m0/s1. The predicted molar refractivity (Wildman–Crippen MR) is 118 cm³/mol. The van der Waals surface area contributed by atoms with Crippen molar-refractivity contribution in [3.8, 4) is 0 Å². The Morgan fingerprint density at radius 1 is 1.03 bits per heavy atom. The van der Waals surface area contributed by atoms with Gasteiger partial charge in [-0.2, -0.15) is 4.57 Å². The van der Waals surface area contributed by atoms with Crippen molar-refractivity contribution in [3.05, 3.63) is 88.2 Å². The second-order valence-electron chi connectivity index (χ2n) is 7.61. The zero-order chi connectivity index (χ0) is 21.4. The number of para-hydroxylation sites is 1. The number of anilines is 2. The van der Waals surface area contributed by atoms with E-state index in [-0.39, 0.29) is 18.4 Å². The fraction of sp³-hybridized carbons (Fsp3) is 0.208. The molecule has 0 radical (unpaired) electrons. The fourth-order valence-corrected chi connectivity index (χ4v) is 4.03. The molecule has 2 heterocycles. The summed E-state index contributed by atoms with van der Waals surface area (Å²) in [5.74, 6) is -0.433. The van der Waals surface area contributed by atoms with E-state index in [1.807, 2.05) is 80.1 Å². The molecule has 0 saturated heterocycles. The van der Waals surface area contributed by atoms with E-state index in [2.05, 4.69) is 5.32 Å². The van der Waals surface area contributed by atoms with Crippen molar-refractivity contribution in [3.63, 3.8) is 0 Å². The molecule has 2 amide bonds. The van der Waals surface area contributed by atoms with E-state index >= 15 is 0 Å². The van der Waals surface area contributed by atoms with E-state index in [0.717, 1.165) is 28.1 Å². The van der Waals surface area contributed by atoms with Gasteiger partial charge in [-0.25, -0.2) is 0 Å². The summed E-state index contributed by atoms with van der Waals surface area (Å²) in [4.78, 5) is 28.2. The summed E-state index contributed by atoms with van der Waals surface area (Å²) in [6, 6.07) is 16.1. The summed E-state index contributed by atoms with van der Waals surface area (Å²) in [5, 5.41) is 3.61. The number of hydrogen-bond acceptors (Lipinski definition) is 2. The van der Waals surface area contributed by atoms with Crippen molar-refractivity contribution in [1.29, 1.82) is 0 Å². The highest BCUT2D eigenvalue weighted by atomic mass is 35.5. The van der Waals surface area contributed by atoms with Crippen molar-refractivity contribution < 1.29 is 14.2 Å². The number of fused-ring (bicyclic) bond motifs is 1. The van der Waals surface area contributed by atoms with Gasteiger partial charge >= 0.3 is 0 Å². The number of aromatic nitrogens is 1. The molecule has 1 aliphatic rings. The second-order valence-corrected chi connectivity index (χ2v) is 8.02. The maximum absolute atomic E-state index is 13.6. The summed E-state index contributed by atoms with van der Waals surface area (Å²) in [7, 11) is 0. The van der Waals surface area contributed by atoms with Gasteiger partial charge in [0.15, 0.2) is 6.20 Å². The van der Waals surface area contributed by atoms with Crippen LogP contribution in [0.2, 0.25) is 5.02 Å². The van der Waals surface area contributed by atoms with E-state index in [4.69, 9.17) is 11.6 Å². The van der Waals surface area contributed by atoms with Crippen LogP contribution in [0.4, 0.5) is 11.4 Å². The lowest BCUT2D eigenvalue weighted by Crippen LogP contribution is -2.58. The van der Waals surface area contributed by atoms with Crippen molar-refractivity contribution >= 4 is 34.8 Å². The smallest absolute Gasteiger partial charge is 0.294 e. The Balaban J connectivity index is 1.81. The predicted octanol–water partition coefficient (Wildman–Crippen LogP) is 4.28. The lowest BCUT2D eigenvalue weighted by atomic mass is 10.0. The third-order valence-electron chi connectivity index (χ3n) is 5.50. The molecule has 30 heavy (non-hydrogen) atoms. The lowest BCUT2D eigenvalue weighted by Gasteiger charge is -2.32. The minimum absolute atomic E-state index is 0.162. The van der Waals surface area contributed by atoms with Crippen LogP contribution in [0.25, 0.3) is 0 Å². The summed E-state index contributed by atoms with van der Waals surface area (Å²) in [6.07, 6.45) is 1.83. The van der Waals surface area contributed by atoms with Crippen LogP contribution in [-0.2, 0) is 16.1 Å². The van der Waals surface area contributed by atoms with E-state index in [1.54, 1.807) is 11.0 Å². The van der Waals surface area contributed by atoms with E-state index in [0.29, 0.717) is 10.7 Å². The first-order valence-corrected chi connectivity index (χ1v) is 10.2. The number of rotatable bonds is 3. The number of pyridine rings is 1. The molecule has 1 N–H and O–H groups in total. The monoisotopic (exact) mass is 420 g/mol. The van der Waals surface area contributed by atoms with Gasteiger partial charge in [0.1, 0.15) is 0 Å². The normalized spacial score (nSPS) is 15.7. The third kappa shape index (κ3) is 3.57. The molecule has 5 nitrogen and oxygen atoms in total. The first-order chi connectivity index (χ1) is 14.4. The first-order valence-electron chi connectivity index (χ1n) is 9.80. The van der Waals surface area contributed by atoms with Gasteiger partial charge in [0.05, 0.1) is 0 Å². The average Bonchev–Trinajstić information content (AvgIpc) is 2.72. The molecule has 0 unspecified atom stereocenters. The van der Waals surface area contributed by atoms with Crippen LogP contribution in [0.1, 0.15) is 28.4 Å². The quantitative estimate of drug-likeness (QED) is 0.643. The van der Waals surface area contributed by atoms with E-state index < -0.39 is 6.04 Å². The highest BCUT2D eigenvalue weighted by molar-refractivity contribution is 6.31. The number of aryl methyl sites for hydroxylation is 3. The maximum atomic E-state index is 13.6. The minimum atomic E-state index is -0.815. The van der Waals surface area contributed by atoms with Crippen molar-refractivity contribution in [1.82, 2.24) is 0 Å². The summed E-state index contributed by atoms with van der Waals surface area (Å²) in [5.41, 5.74) is 4.97. The SMILES string of the molecule is Cc1ccc(N2C(=O)C[n+]3ccccc3[C@H]2C(=O)Nc2c(C)cccc2C)cc1Cl. The Labute approximate surface area is 180 Å². The number of carbonyl (C=O) groups excluding carboxylic acids is 2. The Morgan fingerprint density at radius 2 is 1.77 bits per heavy atom. The summed E-state index contributed by atoms with van der Waals surface area (Å²) >= 11 is 6.34. The highest BCUT2D eigenvalue weighted by Crippen LogP contribution is 2.33. The zero-order valence-electron chi connectivity index (χ0n) is 17.1. The van der Waals surface area contributed by atoms with Crippen LogP contribution < -0.4 is 14.8 Å². The number of hydrogen-bond donors (Lipinski definition) is 1. The Bertz CT molecular complexity index is 1140. The molecule has 152 valence electrons. The number of nitrogens with one attached hydrogen (secondary N) is 1. The molecule has 0 spiro atoms. The molecular formula is C24H23ClN3O2+. The molecule has 1 aromatic heterocycles. The van der Waals surface area contributed by atoms with Crippen molar-refractivity contribution in [2.75, 3.05) is 10.2 Å². The van der Waals surface area contributed by atoms with Crippen LogP contribution in [-0.4, -0.2) is 11.8 Å². The number of amides is 2. The molecule has 0 bridgehead atoms. The van der Waals surface area contributed by atoms with E-state index in [9.17, 15) is 9.59 Å². The van der Waals surface area contributed by atoms with Crippen LogP contribution in [0.5, 0.6) is 0 Å². The Hall–Kier alpha value is -3.18. The van der Waals surface area contributed by atoms with Crippen molar-refractivity contribution in [2.24, 2.45) is 0 Å². The molecule has 4 rings (SSSR count). The summed E-state index contributed by atoms with van der Waals surface area (Å²) < 4.78 is 1.82. The number of nitrogens with zero attached hydrogens (tertiary/aromatic N) is 2. The molecule has 0 aliphatic carbocycles. The molecule has 0 fully saturated rings. The van der Waals surface area contributed by atoms with Gasteiger partial charge in [-0.3, -0.25) is 14.5 Å². The second kappa shape index (κ2) is 7.92. The fourth-order valence-electron chi connectivity index (χ4n) is 3.86. The molecule has 6 heteroatoms. The van der Waals surface area contributed by atoms with Gasteiger partial charge in [-0.15, -0.1) is 0 Å².